The van der Waals surface area contributed by atoms with Gasteiger partial charge in [0.25, 0.3) is 0 Å². The van der Waals surface area contributed by atoms with Crippen molar-refractivity contribution in [3.05, 3.63) is 52.0 Å². The topological polar surface area (TPSA) is 48.5 Å². The molecule has 2 aromatic rings. The molecule has 0 spiro atoms. The number of urea groups is 1. The van der Waals surface area contributed by atoms with Crippen LogP contribution in [0.3, 0.4) is 0 Å². The van der Waals surface area contributed by atoms with Gasteiger partial charge >= 0.3 is 6.03 Å². The maximum Gasteiger partial charge on any atom is 0.321 e. The summed E-state index contributed by atoms with van der Waals surface area (Å²) in [4.78, 5) is 21.0. The molecule has 2 amide bonds. The summed E-state index contributed by atoms with van der Waals surface area (Å²) in [5.41, 5.74) is 2.73. The number of halogens is 3. The number of nitrogens with one attached hydrogen (secondary N) is 1. The fraction of sp³-hybridized carbons (Fsp3) is 0.429. The number of hydrogen-bond donors (Lipinski definition) is 1. The number of nitrogens with zero attached hydrogens (tertiary/aromatic N) is 3. The number of carbonyl (C=O) groups excluding carboxylic acids is 1. The quantitative estimate of drug-likeness (QED) is 0.713. The van der Waals surface area contributed by atoms with E-state index in [2.05, 4.69) is 15.2 Å². The minimum atomic E-state index is -0.508. The van der Waals surface area contributed by atoms with Crippen LogP contribution < -0.4 is 10.2 Å². The van der Waals surface area contributed by atoms with Crippen molar-refractivity contribution in [1.82, 2.24) is 9.88 Å². The first-order valence-electron chi connectivity index (χ1n) is 9.89. The number of amides is 2. The highest BCUT2D eigenvalue weighted by atomic mass is 35.5. The van der Waals surface area contributed by atoms with Gasteiger partial charge in [0.05, 0.1) is 15.7 Å². The van der Waals surface area contributed by atoms with Crippen molar-refractivity contribution in [1.29, 1.82) is 0 Å². The maximum absolute atomic E-state index is 13.3. The highest BCUT2D eigenvalue weighted by Crippen LogP contribution is 2.38. The average Bonchev–Trinajstić information content (AvgIpc) is 3.52. The lowest BCUT2D eigenvalue weighted by Crippen LogP contribution is -2.38. The van der Waals surface area contributed by atoms with E-state index in [9.17, 15) is 9.18 Å². The number of hydrogen-bond acceptors (Lipinski definition) is 3. The van der Waals surface area contributed by atoms with Gasteiger partial charge in [0, 0.05) is 44.3 Å². The van der Waals surface area contributed by atoms with Crippen molar-refractivity contribution in [2.45, 2.75) is 25.7 Å². The molecular formula is C21H23Cl2FN4O. The Morgan fingerprint density at radius 3 is 2.72 bits per heavy atom. The van der Waals surface area contributed by atoms with Crippen LogP contribution in [-0.2, 0) is 6.42 Å². The Balaban J connectivity index is 1.43. The molecule has 0 unspecified atom stereocenters. The van der Waals surface area contributed by atoms with Crippen LogP contribution in [0.4, 0.5) is 20.6 Å². The highest BCUT2D eigenvalue weighted by Gasteiger charge is 2.27. The standard InChI is InChI=1S/C21H23Cl2FN4O/c22-17-11-16(4-5-19(17)24)26-21(29)28-7-1-6-27(8-9-28)20-15(10-14-2-3-14)12-25-13-18(20)23/h4-5,11-14H,1-3,6-10H2,(H,26,29). The van der Waals surface area contributed by atoms with Crippen molar-refractivity contribution in [2.75, 3.05) is 36.4 Å². The van der Waals surface area contributed by atoms with Gasteiger partial charge in [-0.2, -0.15) is 0 Å². The van der Waals surface area contributed by atoms with Crippen LogP contribution in [0.5, 0.6) is 0 Å². The van der Waals surface area contributed by atoms with Crippen molar-refractivity contribution in [2.24, 2.45) is 5.92 Å². The molecule has 2 aliphatic rings. The fourth-order valence-electron chi connectivity index (χ4n) is 3.73. The number of anilines is 2. The minimum absolute atomic E-state index is 0.0136. The first-order chi connectivity index (χ1) is 14.0. The molecule has 1 aliphatic heterocycles. The van der Waals surface area contributed by atoms with E-state index >= 15 is 0 Å². The Labute approximate surface area is 179 Å². The summed E-state index contributed by atoms with van der Waals surface area (Å²) in [5, 5.41) is 3.46. The smallest absolute Gasteiger partial charge is 0.321 e. The molecule has 1 aromatic heterocycles. The predicted octanol–water partition coefficient (Wildman–Crippen LogP) is 5.22. The first kappa shape index (κ1) is 20.2. The van der Waals surface area contributed by atoms with E-state index in [0.717, 1.165) is 31.0 Å². The molecule has 1 saturated heterocycles. The third-order valence-corrected chi connectivity index (χ3v) is 5.99. The Kier molecular flexibility index (Phi) is 6.11. The number of benzene rings is 1. The molecule has 1 saturated carbocycles. The van der Waals surface area contributed by atoms with E-state index in [-0.39, 0.29) is 11.1 Å². The Morgan fingerprint density at radius 2 is 1.97 bits per heavy atom. The van der Waals surface area contributed by atoms with E-state index in [1.54, 1.807) is 11.1 Å². The Morgan fingerprint density at radius 1 is 1.14 bits per heavy atom. The number of rotatable bonds is 4. The van der Waals surface area contributed by atoms with Gasteiger partial charge in [-0.25, -0.2) is 9.18 Å². The van der Waals surface area contributed by atoms with Gasteiger partial charge < -0.3 is 15.1 Å². The third kappa shape index (κ3) is 4.93. The van der Waals surface area contributed by atoms with Crippen LogP contribution >= 0.6 is 23.2 Å². The van der Waals surface area contributed by atoms with Crippen molar-refractivity contribution in [3.63, 3.8) is 0 Å². The van der Waals surface area contributed by atoms with Crippen LogP contribution in [0.2, 0.25) is 10.0 Å². The molecule has 5 nitrogen and oxygen atoms in total. The van der Waals surface area contributed by atoms with E-state index in [0.29, 0.717) is 30.3 Å². The molecule has 1 aromatic carbocycles. The van der Waals surface area contributed by atoms with Crippen molar-refractivity contribution >= 4 is 40.6 Å². The van der Waals surface area contributed by atoms with E-state index in [1.807, 2.05) is 6.20 Å². The highest BCUT2D eigenvalue weighted by molar-refractivity contribution is 6.33. The first-order valence-corrected chi connectivity index (χ1v) is 10.6. The van der Waals surface area contributed by atoms with Crippen LogP contribution in [0.1, 0.15) is 24.8 Å². The van der Waals surface area contributed by atoms with Gasteiger partial charge in [0.15, 0.2) is 0 Å². The monoisotopic (exact) mass is 436 g/mol. The maximum atomic E-state index is 13.3. The second kappa shape index (κ2) is 8.76. The van der Waals surface area contributed by atoms with Gasteiger partial charge in [-0.3, -0.25) is 4.98 Å². The lowest BCUT2D eigenvalue weighted by Gasteiger charge is -2.27. The van der Waals surface area contributed by atoms with Crippen molar-refractivity contribution < 1.29 is 9.18 Å². The minimum Gasteiger partial charge on any atom is -0.368 e. The van der Waals surface area contributed by atoms with Crippen LogP contribution in [-0.4, -0.2) is 42.1 Å². The summed E-state index contributed by atoms with van der Waals surface area (Å²) in [6, 6.07) is 3.95. The lowest BCUT2D eigenvalue weighted by molar-refractivity contribution is 0.215. The van der Waals surface area contributed by atoms with E-state index in [1.165, 1.54) is 36.6 Å². The molecule has 4 rings (SSSR count). The van der Waals surface area contributed by atoms with Gasteiger partial charge in [-0.1, -0.05) is 23.2 Å². The summed E-state index contributed by atoms with van der Waals surface area (Å²) in [6.07, 6.45) is 8.00. The van der Waals surface area contributed by atoms with Crippen LogP contribution in [0.25, 0.3) is 0 Å². The molecule has 154 valence electrons. The molecule has 2 fully saturated rings. The van der Waals surface area contributed by atoms with Gasteiger partial charge in [-0.15, -0.1) is 0 Å². The number of pyridine rings is 1. The Hall–Kier alpha value is -2.05. The van der Waals surface area contributed by atoms with Gasteiger partial charge in [-0.05, 0) is 55.4 Å². The predicted molar refractivity (Wildman–Crippen MR) is 115 cm³/mol. The molecule has 0 atom stereocenters. The molecule has 29 heavy (non-hydrogen) atoms. The zero-order valence-electron chi connectivity index (χ0n) is 16.0. The molecule has 8 heteroatoms. The van der Waals surface area contributed by atoms with E-state index in [4.69, 9.17) is 23.2 Å². The zero-order chi connectivity index (χ0) is 20.4. The fourth-order valence-corrected chi connectivity index (χ4v) is 4.20. The number of carbonyl (C=O) groups is 1. The summed E-state index contributed by atoms with van der Waals surface area (Å²) in [7, 11) is 0. The Bertz CT molecular complexity index is 906. The SMILES string of the molecule is O=C(Nc1ccc(F)c(Cl)c1)N1CCCN(c2c(Cl)cncc2CC2CC2)CC1. The second-order valence-corrected chi connectivity index (χ2v) is 8.48. The van der Waals surface area contributed by atoms with Crippen LogP contribution in [0.15, 0.2) is 30.6 Å². The average molecular weight is 437 g/mol. The van der Waals surface area contributed by atoms with Gasteiger partial charge in [0.2, 0.25) is 0 Å². The lowest BCUT2D eigenvalue weighted by atomic mass is 10.1. The summed E-state index contributed by atoms with van der Waals surface area (Å²) in [5.74, 6) is 0.233. The molecule has 2 heterocycles. The number of aromatic nitrogens is 1. The normalized spacial score (nSPS) is 17.2. The summed E-state index contributed by atoms with van der Waals surface area (Å²) >= 11 is 12.3. The summed E-state index contributed by atoms with van der Waals surface area (Å²) in [6.45, 7) is 2.73. The zero-order valence-corrected chi connectivity index (χ0v) is 17.5. The molecule has 1 N–H and O–H groups in total. The van der Waals surface area contributed by atoms with Crippen molar-refractivity contribution in [3.8, 4) is 0 Å². The third-order valence-electron chi connectivity index (χ3n) is 5.42. The molecule has 1 aliphatic carbocycles. The van der Waals surface area contributed by atoms with Gasteiger partial charge in [0.1, 0.15) is 5.82 Å². The second-order valence-electron chi connectivity index (χ2n) is 7.66. The molecule has 0 bridgehead atoms. The molecular weight excluding hydrogens is 414 g/mol. The summed E-state index contributed by atoms with van der Waals surface area (Å²) < 4.78 is 13.3. The van der Waals surface area contributed by atoms with Crippen LogP contribution in [0, 0.1) is 11.7 Å². The van der Waals surface area contributed by atoms with E-state index < -0.39 is 5.82 Å². The largest absolute Gasteiger partial charge is 0.368 e. The molecule has 0 radical (unpaired) electrons.